The zero-order valence-corrected chi connectivity index (χ0v) is 9.90. The molecule has 86 valence electrons. The second-order valence-electron chi connectivity index (χ2n) is 3.52. The minimum Gasteiger partial charge on any atom is -0.494 e. The quantitative estimate of drug-likeness (QED) is 0.479. The molecule has 0 atom stereocenters. The van der Waals surface area contributed by atoms with Crippen molar-refractivity contribution in [3.05, 3.63) is 35.4 Å². The van der Waals surface area contributed by atoms with Gasteiger partial charge in [-0.15, -0.1) is 0 Å². The first-order chi connectivity index (χ1) is 7.67. The number of ether oxygens (including phenoxy) is 1. The van der Waals surface area contributed by atoms with Crippen LogP contribution in [0.25, 0.3) is 6.08 Å². The highest BCUT2D eigenvalue weighted by Crippen LogP contribution is 2.16. The molecule has 1 aromatic rings. The van der Waals surface area contributed by atoms with Crippen LogP contribution in [-0.4, -0.2) is 17.5 Å². The molecule has 0 saturated heterocycles. The molecule has 0 amide bonds. The lowest BCUT2D eigenvalue weighted by atomic mass is 10.1. The first-order valence-corrected chi connectivity index (χ1v) is 5.27. The molecule has 3 nitrogen and oxygen atoms in total. The maximum atomic E-state index is 8.64. The predicted molar refractivity (Wildman–Crippen MR) is 66.2 cm³/mol. The van der Waals surface area contributed by atoms with Gasteiger partial charge in [0.15, 0.2) is 0 Å². The van der Waals surface area contributed by atoms with E-state index in [1.54, 1.807) is 6.92 Å². The van der Waals surface area contributed by atoms with Crippen molar-refractivity contribution in [3.8, 4) is 5.75 Å². The average Bonchev–Trinajstić information content (AvgIpc) is 2.29. The van der Waals surface area contributed by atoms with Crippen molar-refractivity contribution in [1.82, 2.24) is 0 Å². The summed E-state index contributed by atoms with van der Waals surface area (Å²) in [5, 5.41) is 11.8. The Bertz CT molecular complexity index is 408. The fourth-order valence-electron chi connectivity index (χ4n) is 1.29. The van der Waals surface area contributed by atoms with Crippen molar-refractivity contribution in [2.45, 2.75) is 20.8 Å². The summed E-state index contributed by atoms with van der Waals surface area (Å²) in [7, 11) is 0. The van der Waals surface area contributed by atoms with E-state index in [0.29, 0.717) is 12.3 Å². The van der Waals surface area contributed by atoms with Gasteiger partial charge < -0.3 is 9.94 Å². The van der Waals surface area contributed by atoms with E-state index in [0.717, 1.165) is 16.9 Å². The van der Waals surface area contributed by atoms with Gasteiger partial charge in [0.2, 0.25) is 0 Å². The standard InChI is InChI=1S/C13H17NO2/c1-4-16-13-7-5-6-12(9-13)8-10(2)11(3)14-15/h5-9,15H,4H2,1-3H3/b10-8-,14-11+. The number of allylic oxidation sites excluding steroid dienone is 1. The Hall–Kier alpha value is -1.77. The van der Waals surface area contributed by atoms with Crippen molar-refractivity contribution < 1.29 is 9.94 Å². The summed E-state index contributed by atoms with van der Waals surface area (Å²) < 4.78 is 5.41. The highest BCUT2D eigenvalue weighted by atomic mass is 16.5. The SMILES string of the molecule is CCOc1cccc(/C=C(C)\C(C)=N\O)c1. The molecule has 0 aromatic heterocycles. The Morgan fingerprint density at radius 1 is 1.44 bits per heavy atom. The second kappa shape index (κ2) is 5.95. The number of rotatable bonds is 4. The second-order valence-corrected chi connectivity index (χ2v) is 3.52. The van der Waals surface area contributed by atoms with Gasteiger partial charge in [-0.05, 0) is 50.1 Å². The van der Waals surface area contributed by atoms with Crippen LogP contribution in [0.2, 0.25) is 0 Å². The van der Waals surface area contributed by atoms with Crippen LogP contribution < -0.4 is 4.74 Å². The normalized spacial score (nSPS) is 12.7. The molecule has 0 saturated carbocycles. The van der Waals surface area contributed by atoms with E-state index in [2.05, 4.69) is 5.16 Å². The van der Waals surface area contributed by atoms with E-state index in [1.165, 1.54) is 0 Å². The van der Waals surface area contributed by atoms with E-state index in [4.69, 9.17) is 9.94 Å². The van der Waals surface area contributed by atoms with Crippen LogP contribution in [0.1, 0.15) is 26.3 Å². The van der Waals surface area contributed by atoms with Crippen molar-refractivity contribution in [2.24, 2.45) is 5.16 Å². The zero-order valence-electron chi connectivity index (χ0n) is 9.90. The maximum absolute atomic E-state index is 8.64. The molecule has 0 aliphatic rings. The third-order valence-corrected chi connectivity index (χ3v) is 2.27. The Kier molecular flexibility index (Phi) is 4.58. The van der Waals surface area contributed by atoms with E-state index in [9.17, 15) is 0 Å². The minimum absolute atomic E-state index is 0.613. The molecule has 0 heterocycles. The average molecular weight is 219 g/mol. The number of benzene rings is 1. The van der Waals surface area contributed by atoms with Crippen molar-refractivity contribution >= 4 is 11.8 Å². The molecular weight excluding hydrogens is 202 g/mol. The summed E-state index contributed by atoms with van der Waals surface area (Å²) in [4.78, 5) is 0. The Morgan fingerprint density at radius 2 is 2.19 bits per heavy atom. The largest absolute Gasteiger partial charge is 0.494 e. The highest BCUT2D eigenvalue weighted by Gasteiger charge is 1.97. The lowest BCUT2D eigenvalue weighted by Gasteiger charge is -2.04. The van der Waals surface area contributed by atoms with Crippen LogP contribution in [0.15, 0.2) is 35.0 Å². The first kappa shape index (κ1) is 12.3. The third kappa shape index (κ3) is 3.42. The number of hydrogen-bond donors (Lipinski definition) is 1. The van der Waals surface area contributed by atoms with Gasteiger partial charge in [-0.1, -0.05) is 17.3 Å². The van der Waals surface area contributed by atoms with Crippen LogP contribution in [0, 0.1) is 0 Å². The van der Waals surface area contributed by atoms with Crippen molar-refractivity contribution in [3.63, 3.8) is 0 Å². The van der Waals surface area contributed by atoms with Crippen molar-refractivity contribution in [1.29, 1.82) is 0 Å². The molecule has 3 heteroatoms. The van der Waals surface area contributed by atoms with Gasteiger partial charge in [0.25, 0.3) is 0 Å². The van der Waals surface area contributed by atoms with Gasteiger partial charge in [-0.2, -0.15) is 0 Å². The summed E-state index contributed by atoms with van der Waals surface area (Å²) in [6, 6.07) is 7.80. The summed E-state index contributed by atoms with van der Waals surface area (Å²) in [5.41, 5.74) is 2.57. The van der Waals surface area contributed by atoms with E-state index < -0.39 is 0 Å². The Morgan fingerprint density at radius 3 is 2.81 bits per heavy atom. The molecule has 0 aliphatic carbocycles. The molecule has 0 fully saturated rings. The number of oxime groups is 1. The van der Waals surface area contributed by atoms with Crippen LogP contribution in [0.4, 0.5) is 0 Å². The topological polar surface area (TPSA) is 41.8 Å². The first-order valence-electron chi connectivity index (χ1n) is 5.27. The third-order valence-electron chi connectivity index (χ3n) is 2.27. The lowest BCUT2D eigenvalue weighted by Crippen LogP contribution is -1.93. The zero-order chi connectivity index (χ0) is 12.0. The van der Waals surface area contributed by atoms with E-state index in [1.807, 2.05) is 44.2 Å². The number of hydrogen-bond acceptors (Lipinski definition) is 3. The summed E-state index contributed by atoms with van der Waals surface area (Å²) in [6.45, 7) is 6.28. The molecule has 0 aliphatic heterocycles. The molecule has 1 N–H and O–H groups in total. The summed E-state index contributed by atoms with van der Waals surface area (Å²) in [6.07, 6.45) is 1.96. The van der Waals surface area contributed by atoms with E-state index in [-0.39, 0.29) is 0 Å². The van der Waals surface area contributed by atoms with Gasteiger partial charge in [0, 0.05) is 0 Å². The molecule has 1 rings (SSSR count). The Balaban J connectivity index is 2.92. The molecule has 0 spiro atoms. The monoisotopic (exact) mass is 219 g/mol. The maximum Gasteiger partial charge on any atom is 0.119 e. The van der Waals surface area contributed by atoms with Gasteiger partial charge in [0.05, 0.1) is 12.3 Å². The molecule has 0 unspecified atom stereocenters. The van der Waals surface area contributed by atoms with Gasteiger partial charge in [-0.25, -0.2) is 0 Å². The van der Waals surface area contributed by atoms with Gasteiger partial charge in [-0.3, -0.25) is 0 Å². The highest BCUT2D eigenvalue weighted by molar-refractivity contribution is 6.01. The smallest absolute Gasteiger partial charge is 0.119 e. The molecule has 16 heavy (non-hydrogen) atoms. The minimum atomic E-state index is 0.613. The molecule has 1 aromatic carbocycles. The van der Waals surface area contributed by atoms with Crippen LogP contribution in [0.3, 0.4) is 0 Å². The van der Waals surface area contributed by atoms with E-state index >= 15 is 0 Å². The van der Waals surface area contributed by atoms with Crippen LogP contribution in [-0.2, 0) is 0 Å². The van der Waals surface area contributed by atoms with Crippen LogP contribution in [0.5, 0.6) is 5.75 Å². The number of nitrogens with zero attached hydrogens (tertiary/aromatic N) is 1. The fraction of sp³-hybridized carbons (Fsp3) is 0.308. The van der Waals surface area contributed by atoms with Crippen molar-refractivity contribution in [2.75, 3.05) is 6.61 Å². The van der Waals surface area contributed by atoms with Crippen LogP contribution >= 0.6 is 0 Å². The lowest BCUT2D eigenvalue weighted by molar-refractivity contribution is 0.319. The fourth-order valence-corrected chi connectivity index (χ4v) is 1.29. The Labute approximate surface area is 96.1 Å². The summed E-state index contributed by atoms with van der Waals surface area (Å²) >= 11 is 0. The predicted octanol–water partition coefficient (Wildman–Crippen LogP) is 3.34. The van der Waals surface area contributed by atoms with Gasteiger partial charge in [0.1, 0.15) is 5.75 Å². The van der Waals surface area contributed by atoms with Gasteiger partial charge >= 0.3 is 0 Å². The molecular formula is C13H17NO2. The molecule has 0 radical (unpaired) electrons. The summed E-state index contributed by atoms with van der Waals surface area (Å²) in [5.74, 6) is 0.850. The molecule has 0 bridgehead atoms.